The lowest BCUT2D eigenvalue weighted by atomic mass is 10.0. The Kier molecular flexibility index (Phi) is 5.51. The normalized spacial score (nSPS) is 12.4. The van der Waals surface area contributed by atoms with E-state index in [1.807, 2.05) is 19.2 Å². The number of nitrogens with zero attached hydrogens (tertiary/aromatic N) is 2. The average molecular weight is 356 g/mol. The van der Waals surface area contributed by atoms with Crippen LogP contribution < -0.4 is 10.1 Å². The number of methoxy groups -OCH3 is 1. The Balaban J connectivity index is 2.29. The molecule has 1 heterocycles. The average Bonchev–Trinajstić information content (AvgIpc) is 2.93. The maximum Gasteiger partial charge on any atom is 0.122 e. The van der Waals surface area contributed by atoms with E-state index < -0.39 is 0 Å². The molecule has 0 saturated carbocycles. The summed E-state index contributed by atoms with van der Waals surface area (Å²) in [5.41, 5.74) is 2.24. The van der Waals surface area contributed by atoms with Crippen LogP contribution in [0.15, 0.2) is 22.7 Å². The topological polar surface area (TPSA) is 47.0 Å². The van der Waals surface area contributed by atoms with Crippen molar-refractivity contribution >= 4 is 27.5 Å². The molecule has 20 heavy (non-hydrogen) atoms. The second kappa shape index (κ2) is 7.15. The van der Waals surface area contributed by atoms with Crippen LogP contribution in [0, 0.1) is 0 Å². The van der Waals surface area contributed by atoms with Crippen LogP contribution in [0.25, 0.3) is 0 Å². The third-order valence-electron chi connectivity index (χ3n) is 3.25. The minimum Gasteiger partial charge on any atom is -0.496 e. The number of hydrogen-bond acceptors (Lipinski definition) is 5. The Hall–Kier alpha value is -0.980. The van der Waals surface area contributed by atoms with Gasteiger partial charge in [-0.3, -0.25) is 0 Å². The first-order valence-electron chi connectivity index (χ1n) is 6.50. The van der Waals surface area contributed by atoms with Gasteiger partial charge in [0.15, 0.2) is 0 Å². The monoisotopic (exact) mass is 355 g/mol. The SMILES string of the molecule is CCc1nnsc1C(Cc1cc(Br)ccc1OC)NC. The third-order valence-corrected chi connectivity index (χ3v) is 4.62. The molecule has 1 unspecified atom stereocenters. The minimum absolute atomic E-state index is 0.202. The molecule has 0 radical (unpaired) electrons. The molecule has 0 fully saturated rings. The molecule has 0 amide bonds. The second-order valence-electron chi connectivity index (χ2n) is 4.44. The summed E-state index contributed by atoms with van der Waals surface area (Å²) in [5, 5.41) is 7.55. The summed E-state index contributed by atoms with van der Waals surface area (Å²) in [7, 11) is 3.67. The molecular weight excluding hydrogens is 338 g/mol. The van der Waals surface area contributed by atoms with E-state index in [1.54, 1.807) is 7.11 Å². The molecule has 1 N–H and O–H groups in total. The maximum absolute atomic E-state index is 5.44. The molecule has 0 aliphatic rings. The van der Waals surface area contributed by atoms with Crippen LogP contribution >= 0.6 is 27.5 Å². The van der Waals surface area contributed by atoms with Crippen LogP contribution in [0.3, 0.4) is 0 Å². The van der Waals surface area contributed by atoms with Crippen molar-refractivity contribution in [2.24, 2.45) is 0 Å². The Bertz CT molecular complexity index is 573. The lowest BCUT2D eigenvalue weighted by molar-refractivity contribution is 0.406. The van der Waals surface area contributed by atoms with Crippen LogP contribution in [0.5, 0.6) is 5.75 Å². The fraction of sp³-hybridized carbons (Fsp3) is 0.429. The van der Waals surface area contributed by atoms with Gasteiger partial charge in [0.2, 0.25) is 0 Å². The van der Waals surface area contributed by atoms with Crippen molar-refractivity contribution in [2.45, 2.75) is 25.8 Å². The van der Waals surface area contributed by atoms with Crippen molar-refractivity contribution in [2.75, 3.05) is 14.2 Å². The zero-order valence-electron chi connectivity index (χ0n) is 11.8. The lowest BCUT2D eigenvalue weighted by Gasteiger charge is -2.17. The number of nitrogens with one attached hydrogen (secondary N) is 1. The van der Waals surface area contributed by atoms with Crippen molar-refractivity contribution in [3.8, 4) is 5.75 Å². The smallest absolute Gasteiger partial charge is 0.122 e. The Morgan fingerprint density at radius 2 is 2.25 bits per heavy atom. The van der Waals surface area contributed by atoms with E-state index in [1.165, 1.54) is 16.4 Å². The number of hydrogen-bond donors (Lipinski definition) is 1. The number of aromatic nitrogens is 2. The van der Waals surface area contributed by atoms with Crippen molar-refractivity contribution < 1.29 is 4.74 Å². The number of ether oxygens (including phenoxy) is 1. The van der Waals surface area contributed by atoms with Crippen LogP contribution in [0.1, 0.15) is 29.1 Å². The third kappa shape index (κ3) is 3.37. The number of benzene rings is 1. The van der Waals surface area contributed by atoms with E-state index >= 15 is 0 Å². The molecule has 0 aliphatic carbocycles. The summed E-state index contributed by atoms with van der Waals surface area (Å²) in [5.74, 6) is 0.906. The van der Waals surface area contributed by atoms with Crippen LogP contribution in [-0.4, -0.2) is 23.7 Å². The quantitative estimate of drug-likeness (QED) is 0.862. The molecule has 1 atom stereocenters. The number of halogens is 1. The van der Waals surface area contributed by atoms with Crippen LogP contribution in [0.2, 0.25) is 0 Å². The Morgan fingerprint density at radius 1 is 1.45 bits per heavy atom. The summed E-state index contributed by atoms with van der Waals surface area (Å²) >= 11 is 4.98. The van der Waals surface area contributed by atoms with Crippen LogP contribution in [0.4, 0.5) is 0 Å². The van der Waals surface area contributed by atoms with Gasteiger partial charge in [-0.2, -0.15) is 0 Å². The van der Waals surface area contributed by atoms with Gasteiger partial charge in [0.05, 0.1) is 17.7 Å². The van der Waals surface area contributed by atoms with E-state index in [2.05, 4.69) is 43.8 Å². The first-order chi connectivity index (χ1) is 9.69. The minimum atomic E-state index is 0.202. The Morgan fingerprint density at radius 3 is 2.90 bits per heavy atom. The molecule has 2 rings (SSSR count). The number of aryl methyl sites for hydroxylation is 1. The molecule has 0 spiro atoms. The largest absolute Gasteiger partial charge is 0.496 e. The molecule has 0 saturated heterocycles. The highest BCUT2D eigenvalue weighted by molar-refractivity contribution is 9.10. The molecule has 4 nitrogen and oxygen atoms in total. The van der Waals surface area contributed by atoms with Gasteiger partial charge in [0.25, 0.3) is 0 Å². The van der Waals surface area contributed by atoms with E-state index in [9.17, 15) is 0 Å². The fourth-order valence-corrected chi connectivity index (χ4v) is 3.43. The summed E-state index contributed by atoms with van der Waals surface area (Å²) in [6.45, 7) is 2.10. The molecular formula is C14H18BrN3OS. The van der Waals surface area contributed by atoms with Gasteiger partial charge < -0.3 is 10.1 Å². The molecule has 6 heteroatoms. The summed E-state index contributed by atoms with van der Waals surface area (Å²) in [6, 6.07) is 6.27. The van der Waals surface area contributed by atoms with Crippen molar-refractivity contribution in [3.05, 3.63) is 38.8 Å². The van der Waals surface area contributed by atoms with Gasteiger partial charge in [-0.1, -0.05) is 27.3 Å². The molecule has 108 valence electrons. The van der Waals surface area contributed by atoms with Crippen LogP contribution in [-0.2, 0) is 12.8 Å². The van der Waals surface area contributed by atoms with Crippen molar-refractivity contribution in [3.63, 3.8) is 0 Å². The summed E-state index contributed by atoms with van der Waals surface area (Å²) in [6.07, 6.45) is 1.75. The maximum atomic E-state index is 5.44. The molecule has 1 aromatic carbocycles. The molecule has 2 aromatic rings. The molecule has 0 bridgehead atoms. The highest BCUT2D eigenvalue weighted by Gasteiger charge is 2.19. The van der Waals surface area contributed by atoms with Gasteiger partial charge in [-0.15, -0.1) is 5.10 Å². The van der Waals surface area contributed by atoms with E-state index in [0.717, 1.165) is 34.3 Å². The summed E-state index contributed by atoms with van der Waals surface area (Å²) in [4.78, 5) is 1.21. The van der Waals surface area contributed by atoms with Crippen molar-refractivity contribution in [1.82, 2.24) is 14.9 Å². The van der Waals surface area contributed by atoms with Gasteiger partial charge in [-0.25, -0.2) is 0 Å². The second-order valence-corrected chi connectivity index (χ2v) is 6.14. The van der Waals surface area contributed by atoms with Gasteiger partial charge in [-0.05, 0) is 55.2 Å². The zero-order chi connectivity index (χ0) is 14.5. The van der Waals surface area contributed by atoms with E-state index in [0.29, 0.717) is 0 Å². The highest BCUT2D eigenvalue weighted by Crippen LogP contribution is 2.30. The first-order valence-corrected chi connectivity index (χ1v) is 8.07. The van der Waals surface area contributed by atoms with Gasteiger partial charge in [0.1, 0.15) is 5.75 Å². The van der Waals surface area contributed by atoms with Gasteiger partial charge >= 0.3 is 0 Å². The molecule has 1 aromatic heterocycles. The predicted molar refractivity (Wildman–Crippen MR) is 85.5 cm³/mol. The number of likely N-dealkylation sites (N-methyl/N-ethyl adjacent to an activating group) is 1. The lowest BCUT2D eigenvalue weighted by Crippen LogP contribution is -2.19. The predicted octanol–water partition coefficient (Wildman–Crippen LogP) is 3.37. The standard InChI is InChI=1S/C14H18BrN3OS/c1-4-11-14(20-18-17-11)12(16-2)8-9-7-10(15)5-6-13(9)19-3/h5-7,12,16H,4,8H2,1-3H3. The first kappa shape index (κ1) is 15.4. The van der Waals surface area contributed by atoms with E-state index in [-0.39, 0.29) is 6.04 Å². The highest BCUT2D eigenvalue weighted by atomic mass is 79.9. The van der Waals surface area contributed by atoms with Gasteiger partial charge in [0, 0.05) is 10.5 Å². The zero-order valence-corrected chi connectivity index (χ0v) is 14.2. The molecule has 0 aliphatic heterocycles. The van der Waals surface area contributed by atoms with Crippen molar-refractivity contribution in [1.29, 1.82) is 0 Å². The number of rotatable bonds is 6. The summed E-state index contributed by atoms with van der Waals surface area (Å²) < 4.78 is 10.6. The fourth-order valence-electron chi connectivity index (χ4n) is 2.18. The Labute approximate surface area is 131 Å². The van der Waals surface area contributed by atoms with E-state index in [4.69, 9.17) is 4.74 Å².